The predicted molar refractivity (Wildman–Crippen MR) is 92.9 cm³/mol. The van der Waals surface area contributed by atoms with Crippen molar-refractivity contribution in [2.24, 2.45) is 0 Å². The van der Waals surface area contributed by atoms with Gasteiger partial charge in [0.15, 0.2) is 5.11 Å². The Morgan fingerprint density at radius 2 is 1.96 bits per heavy atom. The van der Waals surface area contributed by atoms with Gasteiger partial charge in [-0.2, -0.15) is 0 Å². The lowest BCUT2D eigenvalue weighted by molar-refractivity contribution is -0.123. The third-order valence-electron chi connectivity index (χ3n) is 3.94. The van der Waals surface area contributed by atoms with Gasteiger partial charge in [0.05, 0.1) is 13.8 Å². The molecule has 2 fully saturated rings. The maximum atomic E-state index is 12.6. The quantitative estimate of drug-likeness (QED) is 0.623. The normalized spacial score (nSPS) is 20.9. The van der Waals surface area contributed by atoms with Crippen LogP contribution in [0.2, 0.25) is 0 Å². The summed E-state index contributed by atoms with van der Waals surface area (Å²) in [6.07, 6.45) is 1.81. The van der Waals surface area contributed by atoms with Crippen molar-refractivity contribution in [2.75, 3.05) is 40.0 Å². The molecule has 1 amide bonds. The topological polar surface area (TPSA) is 56.8 Å². The Balaban J connectivity index is 1.70. The van der Waals surface area contributed by atoms with E-state index in [1.54, 1.807) is 12.0 Å². The van der Waals surface area contributed by atoms with Crippen molar-refractivity contribution in [1.29, 1.82) is 0 Å². The maximum absolute atomic E-state index is 12.6. The van der Waals surface area contributed by atoms with Gasteiger partial charge in [0.1, 0.15) is 11.4 Å². The van der Waals surface area contributed by atoms with Crippen molar-refractivity contribution >= 4 is 29.3 Å². The van der Waals surface area contributed by atoms with E-state index < -0.39 is 0 Å². The molecule has 0 atom stereocenters. The SMILES string of the molecule is COc1ccc(/C=C2\NC(=S)N(CN3CCNCC3)C2=O)cc1. The van der Waals surface area contributed by atoms with E-state index in [0.717, 1.165) is 37.5 Å². The van der Waals surface area contributed by atoms with E-state index in [2.05, 4.69) is 15.5 Å². The van der Waals surface area contributed by atoms with Gasteiger partial charge in [0.2, 0.25) is 0 Å². The van der Waals surface area contributed by atoms with Crippen LogP contribution in [0, 0.1) is 0 Å². The maximum Gasteiger partial charge on any atom is 0.277 e. The van der Waals surface area contributed by atoms with Crippen LogP contribution in [0.5, 0.6) is 5.75 Å². The molecule has 6 nitrogen and oxygen atoms in total. The molecule has 0 bridgehead atoms. The number of benzene rings is 1. The van der Waals surface area contributed by atoms with Crippen LogP contribution in [0.1, 0.15) is 5.56 Å². The van der Waals surface area contributed by atoms with E-state index in [0.29, 0.717) is 17.5 Å². The Bertz CT molecular complexity index is 623. The number of hydrogen-bond acceptors (Lipinski definition) is 5. The molecule has 7 heteroatoms. The van der Waals surface area contributed by atoms with Gasteiger partial charge in [0, 0.05) is 26.2 Å². The van der Waals surface area contributed by atoms with Gasteiger partial charge in [-0.15, -0.1) is 0 Å². The zero-order valence-corrected chi connectivity index (χ0v) is 13.9. The lowest BCUT2D eigenvalue weighted by Gasteiger charge is -2.30. The Hall–Kier alpha value is -1.96. The fourth-order valence-electron chi connectivity index (χ4n) is 2.62. The summed E-state index contributed by atoms with van der Waals surface area (Å²) < 4.78 is 5.14. The summed E-state index contributed by atoms with van der Waals surface area (Å²) in [6.45, 7) is 4.26. The molecule has 0 radical (unpaired) electrons. The van der Waals surface area contributed by atoms with Crippen molar-refractivity contribution in [3.8, 4) is 5.75 Å². The van der Waals surface area contributed by atoms with Crippen molar-refractivity contribution < 1.29 is 9.53 Å². The molecule has 0 unspecified atom stereocenters. The first-order valence-corrected chi connectivity index (χ1v) is 8.00. The minimum absolute atomic E-state index is 0.0793. The van der Waals surface area contributed by atoms with Crippen LogP contribution in [0.15, 0.2) is 30.0 Å². The minimum Gasteiger partial charge on any atom is -0.497 e. The second-order valence-corrected chi connectivity index (χ2v) is 5.89. The highest BCUT2D eigenvalue weighted by atomic mass is 32.1. The largest absolute Gasteiger partial charge is 0.497 e. The first-order chi connectivity index (χ1) is 11.2. The van der Waals surface area contributed by atoms with Crippen LogP contribution in [-0.2, 0) is 4.79 Å². The van der Waals surface area contributed by atoms with E-state index >= 15 is 0 Å². The monoisotopic (exact) mass is 332 g/mol. The summed E-state index contributed by atoms with van der Waals surface area (Å²) in [5.41, 5.74) is 1.43. The van der Waals surface area contributed by atoms with Gasteiger partial charge in [-0.05, 0) is 36.0 Å². The molecule has 2 heterocycles. The van der Waals surface area contributed by atoms with Crippen LogP contribution in [0.3, 0.4) is 0 Å². The lowest BCUT2D eigenvalue weighted by atomic mass is 10.2. The molecular formula is C16H20N4O2S. The Labute approximate surface area is 141 Å². The number of hydrogen-bond donors (Lipinski definition) is 2. The molecule has 0 aliphatic carbocycles. The second-order valence-electron chi connectivity index (χ2n) is 5.50. The third-order valence-corrected chi connectivity index (χ3v) is 4.26. The smallest absolute Gasteiger partial charge is 0.277 e. The fraction of sp³-hybridized carbons (Fsp3) is 0.375. The van der Waals surface area contributed by atoms with E-state index in [1.165, 1.54) is 0 Å². The first kappa shape index (κ1) is 15.9. The van der Waals surface area contributed by atoms with Crippen molar-refractivity contribution in [1.82, 2.24) is 20.4 Å². The number of rotatable bonds is 4. The van der Waals surface area contributed by atoms with E-state index in [1.807, 2.05) is 30.3 Å². The highest BCUT2D eigenvalue weighted by Crippen LogP contribution is 2.17. The summed E-state index contributed by atoms with van der Waals surface area (Å²) >= 11 is 5.31. The summed E-state index contributed by atoms with van der Waals surface area (Å²) in [6, 6.07) is 7.54. The molecule has 122 valence electrons. The number of piperazine rings is 1. The zero-order valence-electron chi connectivity index (χ0n) is 13.0. The van der Waals surface area contributed by atoms with Gasteiger partial charge in [-0.3, -0.25) is 14.6 Å². The first-order valence-electron chi connectivity index (χ1n) is 7.59. The molecule has 2 saturated heterocycles. The van der Waals surface area contributed by atoms with Crippen LogP contribution in [0.4, 0.5) is 0 Å². The van der Waals surface area contributed by atoms with E-state index in [-0.39, 0.29) is 5.91 Å². The van der Waals surface area contributed by atoms with Crippen LogP contribution in [0.25, 0.3) is 6.08 Å². The van der Waals surface area contributed by atoms with Gasteiger partial charge in [-0.1, -0.05) is 12.1 Å². The molecule has 0 aromatic heterocycles. The number of nitrogens with one attached hydrogen (secondary N) is 2. The molecule has 1 aromatic carbocycles. The average Bonchev–Trinajstić information content (AvgIpc) is 2.84. The summed E-state index contributed by atoms with van der Waals surface area (Å²) in [5.74, 6) is 0.707. The standard InChI is InChI=1S/C16H20N4O2S/c1-22-13-4-2-12(3-5-13)10-14-15(21)20(16(23)18-14)11-19-8-6-17-7-9-19/h2-5,10,17H,6-9,11H2,1H3,(H,18,23)/b14-10-. The number of methoxy groups -OCH3 is 1. The summed E-state index contributed by atoms with van der Waals surface area (Å²) in [4.78, 5) is 16.4. The van der Waals surface area contributed by atoms with Crippen molar-refractivity contribution in [3.63, 3.8) is 0 Å². The number of amides is 1. The molecule has 3 rings (SSSR count). The van der Waals surface area contributed by atoms with Crippen LogP contribution < -0.4 is 15.4 Å². The molecule has 0 spiro atoms. The van der Waals surface area contributed by atoms with Gasteiger partial charge in [-0.25, -0.2) is 0 Å². The second kappa shape index (κ2) is 7.08. The Morgan fingerprint density at radius 1 is 1.26 bits per heavy atom. The van der Waals surface area contributed by atoms with Gasteiger partial charge in [0.25, 0.3) is 5.91 Å². The van der Waals surface area contributed by atoms with Gasteiger partial charge >= 0.3 is 0 Å². The number of carbonyl (C=O) groups excluding carboxylic acids is 1. The molecular weight excluding hydrogens is 312 g/mol. The number of carbonyl (C=O) groups is 1. The Morgan fingerprint density at radius 3 is 2.61 bits per heavy atom. The number of thiocarbonyl (C=S) groups is 1. The third kappa shape index (κ3) is 3.69. The molecule has 2 aliphatic heterocycles. The lowest BCUT2D eigenvalue weighted by Crippen LogP contribution is -2.49. The molecule has 0 saturated carbocycles. The van der Waals surface area contributed by atoms with Crippen molar-refractivity contribution in [2.45, 2.75) is 0 Å². The zero-order chi connectivity index (χ0) is 16.2. The highest BCUT2D eigenvalue weighted by molar-refractivity contribution is 7.80. The van der Waals surface area contributed by atoms with Gasteiger partial charge < -0.3 is 15.4 Å². The molecule has 2 aliphatic rings. The fourth-order valence-corrected chi connectivity index (χ4v) is 2.87. The highest BCUT2D eigenvalue weighted by Gasteiger charge is 2.32. The van der Waals surface area contributed by atoms with E-state index in [4.69, 9.17) is 17.0 Å². The average molecular weight is 332 g/mol. The van der Waals surface area contributed by atoms with Crippen LogP contribution in [-0.4, -0.2) is 60.8 Å². The summed E-state index contributed by atoms with van der Waals surface area (Å²) in [5, 5.41) is 6.78. The molecule has 2 N–H and O–H groups in total. The molecule has 23 heavy (non-hydrogen) atoms. The minimum atomic E-state index is -0.0793. The predicted octanol–water partition coefficient (Wildman–Crippen LogP) is 0.615. The van der Waals surface area contributed by atoms with Crippen molar-refractivity contribution in [3.05, 3.63) is 35.5 Å². The molecule has 1 aromatic rings. The van der Waals surface area contributed by atoms with E-state index in [9.17, 15) is 4.79 Å². The number of nitrogens with zero attached hydrogens (tertiary/aromatic N) is 2. The Kier molecular flexibility index (Phi) is 4.90. The van der Waals surface area contributed by atoms with Crippen LogP contribution >= 0.6 is 12.2 Å². The summed E-state index contributed by atoms with van der Waals surface area (Å²) in [7, 11) is 1.63. The number of ether oxygens (including phenoxy) is 1.